The Morgan fingerprint density at radius 3 is 2.25 bits per heavy atom. The smallest absolute Gasteiger partial charge is 0.132 e. The quantitative estimate of drug-likeness (QED) is 0.710. The first-order valence-corrected chi connectivity index (χ1v) is 3.92. The fraction of sp³-hybridized carbons (Fsp3) is 0.556. The summed E-state index contributed by atoms with van der Waals surface area (Å²) in [7, 11) is 0. The molecule has 3 heteroatoms. The minimum absolute atomic E-state index is 0.250. The molecule has 0 radical (unpaired) electrons. The first-order chi connectivity index (χ1) is 5.61. The second kappa shape index (κ2) is 5.77. The van der Waals surface area contributed by atoms with E-state index in [0.29, 0.717) is 5.76 Å². The average Bonchev–Trinajstić information content (AvgIpc) is 2.37. The van der Waals surface area contributed by atoms with Crippen LogP contribution in [-0.4, -0.2) is 11.8 Å². The van der Waals surface area contributed by atoms with Gasteiger partial charge in [0.1, 0.15) is 17.6 Å². The van der Waals surface area contributed by atoms with Gasteiger partial charge < -0.3 is 9.52 Å². The molecule has 0 saturated heterocycles. The highest BCUT2D eigenvalue weighted by Crippen LogP contribution is 2.14. The van der Waals surface area contributed by atoms with Crippen molar-refractivity contribution < 1.29 is 13.9 Å². The molecule has 1 aromatic rings. The van der Waals surface area contributed by atoms with Gasteiger partial charge in [-0.2, -0.15) is 0 Å². The molecule has 0 amide bonds. The number of hydrogen-bond donors (Lipinski definition) is 1. The molecule has 2 nitrogen and oxygen atoms in total. The van der Waals surface area contributed by atoms with Crippen molar-refractivity contribution in [2.24, 2.45) is 0 Å². The van der Waals surface area contributed by atoms with Crippen LogP contribution in [0.4, 0.5) is 4.39 Å². The van der Waals surface area contributed by atoms with Gasteiger partial charge in [0.25, 0.3) is 0 Å². The number of halogens is 1. The van der Waals surface area contributed by atoms with Crippen LogP contribution in [0, 0.1) is 6.92 Å². The van der Waals surface area contributed by atoms with Gasteiger partial charge in [-0.1, -0.05) is 0 Å². The third-order valence-corrected chi connectivity index (χ3v) is 1.17. The zero-order valence-electron chi connectivity index (χ0n) is 7.67. The van der Waals surface area contributed by atoms with Crippen molar-refractivity contribution in [2.45, 2.75) is 26.9 Å². The van der Waals surface area contributed by atoms with E-state index in [9.17, 15) is 4.39 Å². The Hall–Kier alpha value is -0.830. The molecule has 1 atom stereocenters. The molecule has 1 unspecified atom stereocenters. The van der Waals surface area contributed by atoms with Gasteiger partial charge in [-0.15, -0.1) is 0 Å². The Balaban J connectivity index is 0.000000354. The van der Waals surface area contributed by atoms with E-state index in [2.05, 4.69) is 0 Å². The van der Waals surface area contributed by atoms with Gasteiger partial charge in [0.15, 0.2) is 0 Å². The fourth-order valence-corrected chi connectivity index (χ4v) is 0.678. The summed E-state index contributed by atoms with van der Waals surface area (Å²) in [6.07, 6.45) is -0.487. The van der Waals surface area contributed by atoms with Gasteiger partial charge >= 0.3 is 0 Å². The minimum atomic E-state index is -0.487. The lowest BCUT2D eigenvalue weighted by atomic mass is 10.3. The monoisotopic (exact) mass is 174 g/mol. The lowest BCUT2D eigenvalue weighted by Gasteiger charge is -1.95. The zero-order chi connectivity index (χ0) is 9.56. The maximum absolute atomic E-state index is 10.3. The second-order valence-electron chi connectivity index (χ2n) is 2.39. The number of aliphatic hydroxyl groups is 1. The Bertz CT molecular complexity index is 206. The van der Waals surface area contributed by atoms with Gasteiger partial charge in [0.05, 0.1) is 6.67 Å². The molecule has 70 valence electrons. The summed E-state index contributed by atoms with van der Waals surface area (Å²) in [6, 6.07) is 3.61. The first kappa shape index (κ1) is 11.2. The Morgan fingerprint density at radius 1 is 1.58 bits per heavy atom. The number of aliphatic hydroxyl groups excluding tert-OH is 1. The summed E-state index contributed by atoms with van der Waals surface area (Å²) in [4.78, 5) is 0. The summed E-state index contributed by atoms with van der Waals surface area (Å²) < 4.78 is 15.4. The van der Waals surface area contributed by atoms with Crippen molar-refractivity contribution in [3.8, 4) is 0 Å². The highest BCUT2D eigenvalue weighted by atomic mass is 19.1. The van der Waals surface area contributed by atoms with Gasteiger partial charge in [-0.3, -0.25) is 4.39 Å². The molecule has 1 heterocycles. The van der Waals surface area contributed by atoms with Crippen LogP contribution in [0.25, 0.3) is 0 Å². The van der Waals surface area contributed by atoms with Crippen molar-refractivity contribution in [3.63, 3.8) is 0 Å². The molecule has 0 fully saturated rings. The summed E-state index contributed by atoms with van der Waals surface area (Å²) >= 11 is 0. The van der Waals surface area contributed by atoms with Crippen molar-refractivity contribution in [1.82, 2.24) is 0 Å². The summed E-state index contributed by atoms with van der Waals surface area (Å²) in [5.74, 6) is 1.47. The highest BCUT2D eigenvalue weighted by molar-refractivity contribution is 5.06. The summed E-state index contributed by atoms with van der Waals surface area (Å²) in [5.41, 5.74) is 0. The fourth-order valence-electron chi connectivity index (χ4n) is 0.678. The zero-order valence-corrected chi connectivity index (χ0v) is 7.67. The molecule has 0 aliphatic rings. The van der Waals surface area contributed by atoms with E-state index in [1.165, 1.54) is 6.92 Å². The molecule has 1 N–H and O–H groups in total. The maximum atomic E-state index is 10.3. The van der Waals surface area contributed by atoms with Crippen LogP contribution in [0.3, 0.4) is 0 Å². The van der Waals surface area contributed by atoms with Crippen LogP contribution >= 0.6 is 0 Å². The maximum Gasteiger partial charge on any atom is 0.132 e. The highest BCUT2D eigenvalue weighted by Gasteiger charge is 2.02. The van der Waals surface area contributed by atoms with Crippen LogP contribution in [0.1, 0.15) is 31.5 Å². The van der Waals surface area contributed by atoms with Crippen molar-refractivity contribution in [1.29, 1.82) is 0 Å². The molecule has 0 spiro atoms. The second-order valence-corrected chi connectivity index (χ2v) is 2.39. The van der Waals surface area contributed by atoms with Gasteiger partial charge in [-0.25, -0.2) is 0 Å². The standard InChI is InChI=1S/C7H10O2.C2H5F/c1-5-3-4-7(9-5)6(2)8;1-2-3/h3-4,6,8H,1-2H3;2H2,1H3. The molecule has 0 bridgehead atoms. The number of hydrogen-bond acceptors (Lipinski definition) is 2. The first-order valence-electron chi connectivity index (χ1n) is 3.92. The Morgan fingerprint density at radius 2 is 2.08 bits per heavy atom. The van der Waals surface area contributed by atoms with E-state index in [0.717, 1.165) is 5.76 Å². The van der Waals surface area contributed by atoms with Crippen LogP contribution in [0.15, 0.2) is 16.5 Å². The molecule has 1 aromatic heterocycles. The number of aryl methyl sites for hydroxylation is 1. The Kier molecular flexibility index (Phi) is 5.37. The average molecular weight is 174 g/mol. The lowest BCUT2D eigenvalue weighted by Crippen LogP contribution is -1.85. The van der Waals surface area contributed by atoms with Crippen molar-refractivity contribution in [3.05, 3.63) is 23.7 Å². The number of rotatable bonds is 1. The summed E-state index contributed by atoms with van der Waals surface area (Å²) in [6.45, 7) is 4.74. The lowest BCUT2D eigenvalue weighted by molar-refractivity contribution is 0.168. The van der Waals surface area contributed by atoms with Gasteiger partial charge in [0, 0.05) is 0 Å². The molecule has 1 rings (SSSR count). The van der Waals surface area contributed by atoms with E-state index < -0.39 is 6.10 Å². The van der Waals surface area contributed by atoms with Crippen LogP contribution in [0.5, 0.6) is 0 Å². The third-order valence-electron chi connectivity index (χ3n) is 1.17. The molecule has 0 aromatic carbocycles. The van der Waals surface area contributed by atoms with Crippen molar-refractivity contribution >= 4 is 0 Å². The molecule has 0 aliphatic heterocycles. The molecule has 0 saturated carbocycles. The van der Waals surface area contributed by atoms with Crippen molar-refractivity contribution in [2.75, 3.05) is 6.67 Å². The minimum Gasteiger partial charge on any atom is -0.464 e. The molecule has 12 heavy (non-hydrogen) atoms. The number of alkyl halides is 1. The normalized spacial score (nSPS) is 11.8. The van der Waals surface area contributed by atoms with E-state index in [1.807, 2.05) is 13.0 Å². The SMILES string of the molecule is CCF.Cc1ccc(C(C)O)o1. The molecule has 0 aliphatic carbocycles. The summed E-state index contributed by atoms with van der Waals surface area (Å²) in [5, 5.41) is 8.94. The van der Waals surface area contributed by atoms with Gasteiger partial charge in [-0.05, 0) is 32.9 Å². The van der Waals surface area contributed by atoms with Crippen LogP contribution in [-0.2, 0) is 0 Å². The Labute approximate surface area is 72.0 Å². The van der Waals surface area contributed by atoms with E-state index >= 15 is 0 Å². The molecular weight excluding hydrogens is 159 g/mol. The molecular formula is C9H15FO2. The predicted molar refractivity (Wildman–Crippen MR) is 45.7 cm³/mol. The van der Waals surface area contributed by atoms with E-state index in [4.69, 9.17) is 9.52 Å². The predicted octanol–water partition coefficient (Wildman–Crippen LogP) is 2.62. The van der Waals surface area contributed by atoms with E-state index in [1.54, 1.807) is 13.0 Å². The van der Waals surface area contributed by atoms with E-state index in [-0.39, 0.29) is 6.67 Å². The number of furan rings is 1. The topological polar surface area (TPSA) is 33.4 Å². The van der Waals surface area contributed by atoms with Crippen LogP contribution < -0.4 is 0 Å². The van der Waals surface area contributed by atoms with Gasteiger partial charge in [0.2, 0.25) is 0 Å². The largest absolute Gasteiger partial charge is 0.464 e. The third kappa shape index (κ3) is 4.13. The van der Waals surface area contributed by atoms with Crippen LogP contribution in [0.2, 0.25) is 0 Å².